The van der Waals surface area contributed by atoms with Crippen LogP contribution in [0.1, 0.15) is 44.1 Å². The zero-order valence-electron chi connectivity index (χ0n) is 12.2. The Kier molecular flexibility index (Phi) is 4.51. The highest BCUT2D eigenvalue weighted by Crippen LogP contribution is 2.34. The van der Waals surface area contributed by atoms with E-state index < -0.39 is 0 Å². The lowest BCUT2D eigenvalue weighted by Crippen LogP contribution is -2.51. The number of carbonyl (C=O) groups is 1. The maximum Gasteiger partial charge on any atom is 0.223 e. The Hall–Kier alpha value is -1.06. The van der Waals surface area contributed by atoms with Gasteiger partial charge in [-0.15, -0.1) is 0 Å². The van der Waals surface area contributed by atoms with Gasteiger partial charge >= 0.3 is 0 Å². The van der Waals surface area contributed by atoms with Gasteiger partial charge in [0.1, 0.15) is 0 Å². The van der Waals surface area contributed by atoms with Crippen LogP contribution in [-0.2, 0) is 15.1 Å². The summed E-state index contributed by atoms with van der Waals surface area (Å²) in [4.78, 5) is 12.6. The van der Waals surface area contributed by atoms with Crippen molar-refractivity contribution in [1.29, 1.82) is 0 Å². The van der Waals surface area contributed by atoms with Crippen molar-refractivity contribution in [2.45, 2.75) is 44.1 Å². The molecule has 1 saturated heterocycles. The van der Waals surface area contributed by atoms with Crippen LogP contribution in [0.4, 0.5) is 0 Å². The summed E-state index contributed by atoms with van der Waals surface area (Å²) in [7, 11) is 0. The third kappa shape index (κ3) is 3.24. The third-order valence-corrected chi connectivity index (χ3v) is 5.08. The highest BCUT2D eigenvalue weighted by molar-refractivity contribution is 6.30. The van der Waals surface area contributed by atoms with Crippen LogP contribution in [0.5, 0.6) is 0 Å². The molecule has 1 amide bonds. The van der Waals surface area contributed by atoms with Crippen molar-refractivity contribution in [3.8, 4) is 0 Å². The van der Waals surface area contributed by atoms with Gasteiger partial charge in [0.25, 0.3) is 0 Å². The second-order valence-corrected chi connectivity index (χ2v) is 6.61. The first kappa shape index (κ1) is 14.9. The Morgan fingerprint density at radius 3 is 2.38 bits per heavy atom. The van der Waals surface area contributed by atoms with Crippen molar-refractivity contribution >= 4 is 17.5 Å². The first-order valence-electron chi connectivity index (χ1n) is 7.85. The molecular formula is C17H22ClNO2. The Morgan fingerprint density at radius 1 is 1.14 bits per heavy atom. The zero-order chi connectivity index (χ0) is 14.7. The molecule has 3 rings (SSSR count). The predicted octanol–water partition coefficient (Wildman–Crippen LogP) is 3.65. The molecule has 2 aliphatic rings. The molecule has 0 atom stereocenters. The fourth-order valence-corrected chi connectivity index (χ4v) is 3.63. The minimum atomic E-state index is -0.289. The lowest BCUT2D eigenvalue weighted by Gasteiger charge is -2.39. The molecule has 2 fully saturated rings. The average molecular weight is 308 g/mol. The van der Waals surface area contributed by atoms with E-state index in [1.54, 1.807) is 0 Å². The smallest absolute Gasteiger partial charge is 0.223 e. The molecule has 0 radical (unpaired) electrons. The number of carbonyl (C=O) groups excluding carboxylic acids is 1. The average Bonchev–Trinajstić information content (AvgIpc) is 3.03. The molecule has 114 valence electrons. The normalized spacial score (nSPS) is 22.1. The van der Waals surface area contributed by atoms with Crippen molar-refractivity contribution in [3.63, 3.8) is 0 Å². The van der Waals surface area contributed by atoms with E-state index in [-0.39, 0.29) is 17.4 Å². The van der Waals surface area contributed by atoms with Crippen LogP contribution in [-0.4, -0.2) is 19.1 Å². The Labute approximate surface area is 131 Å². The van der Waals surface area contributed by atoms with Crippen LogP contribution >= 0.6 is 11.6 Å². The Balaban J connectivity index is 1.82. The molecule has 21 heavy (non-hydrogen) atoms. The van der Waals surface area contributed by atoms with Crippen LogP contribution in [0.2, 0.25) is 5.02 Å². The summed E-state index contributed by atoms with van der Waals surface area (Å²) in [5.41, 5.74) is 0.851. The second kappa shape index (κ2) is 6.37. The van der Waals surface area contributed by atoms with Gasteiger partial charge in [-0.05, 0) is 43.4 Å². The SMILES string of the molecule is O=C(NC1(c2ccc(Cl)cc2)CCOCC1)C1CCCC1. The van der Waals surface area contributed by atoms with Gasteiger partial charge in [-0.25, -0.2) is 0 Å². The van der Waals surface area contributed by atoms with Gasteiger partial charge in [-0.3, -0.25) is 4.79 Å². The molecule has 1 aromatic carbocycles. The van der Waals surface area contributed by atoms with Crippen LogP contribution in [0.3, 0.4) is 0 Å². The summed E-state index contributed by atoms with van der Waals surface area (Å²) in [5.74, 6) is 0.404. The number of amides is 1. The molecule has 4 heteroatoms. The van der Waals surface area contributed by atoms with Crippen LogP contribution in [0.15, 0.2) is 24.3 Å². The van der Waals surface area contributed by atoms with E-state index in [1.807, 2.05) is 24.3 Å². The molecule has 1 aromatic rings. The Morgan fingerprint density at radius 2 is 1.76 bits per heavy atom. The fourth-order valence-electron chi connectivity index (χ4n) is 3.50. The van der Waals surface area contributed by atoms with E-state index in [2.05, 4.69) is 5.32 Å². The highest BCUT2D eigenvalue weighted by atomic mass is 35.5. The maximum atomic E-state index is 12.6. The van der Waals surface area contributed by atoms with E-state index in [4.69, 9.17) is 16.3 Å². The van der Waals surface area contributed by atoms with Gasteiger partial charge in [-0.2, -0.15) is 0 Å². The van der Waals surface area contributed by atoms with Crippen LogP contribution < -0.4 is 5.32 Å². The predicted molar refractivity (Wildman–Crippen MR) is 83.3 cm³/mol. The van der Waals surface area contributed by atoms with E-state index in [0.29, 0.717) is 13.2 Å². The van der Waals surface area contributed by atoms with Gasteiger partial charge in [0.05, 0.1) is 5.54 Å². The minimum absolute atomic E-state index is 0.192. The standard InChI is InChI=1S/C17H22ClNO2/c18-15-7-5-14(6-8-15)17(9-11-21-12-10-17)19-16(20)13-3-1-2-4-13/h5-8,13H,1-4,9-12H2,(H,19,20). The second-order valence-electron chi connectivity index (χ2n) is 6.17. The van der Waals surface area contributed by atoms with Gasteiger partial charge < -0.3 is 10.1 Å². The van der Waals surface area contributed by atoms with Crippen LogP contribution in [0, 0.1) is 5.92 Å². The first-order chi connectivity index (χ1) is 10.2. The van der Waals surface area contributed by atoms with Crippen molar-refractivity contribution in [3.05, 3.63) is 34.9 Å². The van der Waals surface area contributed by atoms with E-state index in [9.17, 15) is 4.79 Å². The third-order valence-electron chi connectivity index (χ3n) is 4.83. The maximum absolute atomic E-state index is 12.6. The van der Waals surface area contributed by atoms with Gasteiger partial charge in [0.2, 0.25) is 5.91 Å². The molecule has 3 nitrogen and oxygen atoms in total. The topological polar surface area (TPSA) is 38.3 Å². The summed E-state index contributed by atoms with van der Waals surface area (Å²) in [6.45, 7) is 1.38. The van der Waals surface area contributed by atoms with Crippen molar-refractivity contribution in [2.24, 2.45) is 5.92 Å². The van der Waals surface area contributed by atoms with Gasteiger partial charge in [0.15, 0.2) is 0 Å². The molecule has 1 saturated carbocycles. The number of nitrogens with one attached hydrogen (secondary N) is 1. The molecule has 1 N–H and O–H groups in total. The highest BCUT2D eigenvalue weighted by Gasteiger charge is 2.37. The molecule has 0 spiro atoms. The first-order valence-corrected chi connectivity index (χ1v) is 8.23. The quantitative estimate of drug-likeness (QED) is 0.925. The number of ether oxygens (including phenoxy) is 1. The lowest BCUT2D eigenvalue weighted by atomic mass is 9.82. The summed E-state index contributed by atoms with van der Waals surface area (Å²) in [5, 5.41) is 4.07. The van der Waals surface area contributed by atoms with E-state index in [0.717, 1.165) is 36.3 Å². The van der Waals surface area contributed by atoms with E-state index >= 15 is 0 Å². The van der Waals surface area contributed by atoms with Crippen LogP contribution in [0.25, 0.3) is 0 Å². The summed E-state index contributed by atoms with van der Waals surface area (Å²) < 4.78 is 5.50. The molecule has 0 aromatic heterocycles. The minimum Gasteiger partial charge on any atom is -0.381 e. The Bertz CT molecular complexity index is 488. The molecule has 0 unspecified atom stereocenters. The summed E-state index contributed by atoms with van der Waals surface area (Å²) in [6.07, 6.45) is 6.06. The molecular weight excluding hydrogens is 286 g/mol. The zero-order valence-corrected chi connectivity index (χ0v) is 13.0. The van der Waals surface area contributed by atoms with Crippen molar-refractivity contribution in [2.75, 3.05) is 13.2 Å². The summed E-state index contributed by atoms with van der Waals surface area (Å²) in [6, 6.07) is 7.86. The number of benzene rings is 1. The number of hydrogen-bond donors (Lipinski definition) is 1. The van der Waals surface area contributed by atoms with Gasteiger partial charge in [-0.1, -0.05) is 36.6 Å². The largest absolute Gasteiger partial charge is 0.381 e. The number of rotatable bonds is 3. The molecule has 1 aliphatic carbocycles. The summed E-state index contributed by atoms with van der Waals surface area (Å²) >= 11 is 5.99. The molecule has 1 aliphatic heterocycles. The van der Waals surface area contributed by atoms with Crippen molar-refractivity contribution < 1.29 is 9.53 Å². The molecule has 1 heterocycles. The molecule has 0 bridgehead atoms. The van der Waals surface area contributed by atoms with Gasteiger partial charge in [0, 0.05) is 24.2 Å². The van der Waals surface area contributed by atoms with Crippen molar-refractivity contribution in [1.82, 2.24) is 5.32 Å². The fraction of sp³-hybridized carbons (Fsp3) is 0.588. The lowest BCUT2D eigenvalue weighted by molar-refractivity contribution is -0.128. The number of halogens is 1. The number of hydrogen-bond acceptors (Lipinski definition) is 2. The van der Waals surface area contributed by atoms with E-state index in [1.165, 1.54) is 12.8 Å². The monoisotopic (exact) mass is 307 g/mol.